The van der Waals surface area contributed by atoms with Gasteiger partial charge in [0.25, 0.3) is 0 Å². The summed E-state index contributed by atoms with van der Waals surface area (Å²) in [4.78, 5) is 39.6. The first kappa shape index (κ1) is 21.3. The number of carbonyl (C=O) groups excluding carboxylic acids is 3. The third kappa shape index (κ3) is 4.95. The second-order valence-corrected chi connectivity index (χ2v) is 8.29. The molecule has 160 valence electrons. The summed E-state index contributed by atoms with van der Waals surface area (Å²) in [6.45, 7) is 4.48. The summed E-state index contributed by atoms with van der Waals surface area (Å²) in [5, 5.41) is 15.5. The van der Waals surface area contributed by atoms with Crippen molar-refractivity contribution < 1.29 is 24.1 Å². The minimum absolute atomic E-state index is 0.0185. The highest BCUT2D eigenvalue weighted by Crippen LogP contribution is 2.55. The molecule has 1 spiro atoms. The number of nitrogens with one attached hydrogen (secondary N) is 2. The quantitative estimate of drug-likeness (QED) is 0.427. The summed E-state index contributed by atoms with van der Waals surface area (Å²) in [6, 6.07) is 1.09. The zero-order valence-electron chi connectivity index (χ0n) is 17.1. The molecule has 0 aromatic carbocycles. The first-order chi connectivity index (χ1) is 13.9. The molecule has 3 amide bonds. The molecule has 0 radical (unpaired) electrons. The molecule has 2 fully saturated rings. The van der Waals surface area contributed by atoms with Crippen molar-refractivity contribution in [1.82, 2.24) is 15.5 Å². The van der Waals surface area contributed by atoms with Gasteiger partial charge < -0.3 is 14.7 Å². The Labute approximate surface area is 170 Å². The Kier molecular flexibility index (Phi) is 6.56. The molecule has 2 atom stereocenters. The summed E-state index contributed by atoms with van der Waals surface area (Å²) in [5.74, 6) is -0.592. The molecule has 3 N–H and O–H groups in total. The van der Waals surface area contributed by atoms with Crippen LogP contribution in [-0.4, -0.2) is 45.6 Å². The molecular formula is C20H30N4O5. The molecule has 0 unspecified atom stereocenters. The van der Waals surface area contributed by atoms with Gasteiger partial charge in [0.1, 0.15) is 11.8 Å². The molecule has 1 aromatic heterocycles. The lowest BCUT2D eigenvalue weighted by molar-refractivity contribution is -0.143. The molecule has 2 aliphatic rings. The lowest BCUT2D eigenvalue weighted by Gasteiger charge is -2.28. The van der Waals surface area contributed by atoms with Gasteiger partial charge in [-0.05, 0) is 31.1 Å². The van der Waals surface area contributed by atoms with Crippen LogP contribution < -0.4 is 10.8 Å². The topological polar surface area (TPSA) is 125 Å². The summed E-state index contributed by atoms with van der Waals surface area (Å²) in [5.41, 5.74) is 1.63. The summed E-state index contributed by atoms with van der Waals surface area (Å²) in [6.07, 6.45) is 5.44. The maximum Gasteiger partial charge on any atom is 0.248 e. The number of nitrogens with zero attached hydrogens (tertiary/aromatic N) is 2. The predicted molar refractivity (Wildman–Crippen MR) is 104 cm³/mol. The van der Waals surface area contributed by atoms with Crippen molar-refractivity contribution >= 4 is 23.5 Å². The number of hydrogen-bond donors (Lipinski definition) is 3. The molecule has 2 heterocycles. The zero-order valence-corrected chi connectivity index (χ0v) is 17.1. The molecule has 9 nitrogen and oxygen atoms in total. The fourth-order valence-corrected chi connectivity index (χ4v) is 4.08. The van der Waals surface area contributed by atoms with E-state index in [4.69, 9.17) is 9.73 Å². The minimum atomic E-state index is -0.590. The lowest BCUT2D eigenvalue weighted by atomic mass is 9.96. The average Bonchev–Trinajstić information content (AvgIpc) is 3.14. The molecule has 0 bridgehead atoms. The predicted octanol–water partition coefficient (Wildman–Crippen LogP) is 2.26. The van der Waals surface area contributed by atoms with Crippen LogP contribution in [-0.2, 0) is 20.8 Å². The molecule has 9 heteroatoms. The average molecular weight is 406 g/mol. The van der Waals surface area contributed by atoms with E-state index in [9.17, 15) is 14.4 Å². The molecule has 3 rings (SSSR count). The number of amides is 3. The van der Waals surface area contributed by atoms with Crippen LogP contribution in [0.15, 0.2) is 10.6 Å². The van der Waals surface area contributed by atoms with E-state index in [-0.39, 0.29) is 23.7 Å². The van der Waals surface area contributed by atoms with Crippen molar-refractivity contribution in [3.05, 3.63) is 11.8 Å². The van der Waals surface area contributed by atoms with Crippen LogP contribution in [0.2, 0.25) is 0 Å². The van der Waals surface area contributed by atoms with Gasteiger partial charge in [-0.15, -0.1) is 0 Å². The van der Waals surface area contributed by atoms with Crippen molar-refractivity contribution in [3.63, 3.8) is 0 Å². The van der Waals surface area contributed by atoms with Gasteiger partial charge in [-0.1, -0.05) is 31.8 Å². The van der Waals surface area contributed by atoms with Crippen LogP contribution in [0, 0.1) is 11.3 Å². The van der Waals surface area contributed by atoms with Gasteiger partial charge in [-0.3, -0.25) is 19.6 Å². The van der Waals surface area contributed by atoms with Crippen molar-refractivity contribution in [2.45, 2.75) is 71.3 Å². The first-order valence-corrected chi connectivity index (χ1v) is 10.4. The molecule has 29 heavy (non-hydrogen) atoms. The zero-order chi connectivity index (χ0) is 21.0. The van der Waals surface area contributed by atoms with Gasteiger partial charge in [0.15, 0.2) is 5.82 Å². The van der Waals surface area contributed by atoms with Crippen LogP contribution in [0.4, 0.5) is 5.82 Å². The van der Waals surface area contributed by atoms with Gasteiger partial charge in [0.2, 0.25) is 17.7 Å². The molecule has 1 saturated carbocycles. The van der Waals surface area contributed by atoms with Crippen molar-refractivity contribution in [3.8, 4) is 0 Å². The van der Waals surface area contributed by atoms with E-state index in [1.54, 1.807) is 16.4 Å². The number of aromatic nitrogens is 1. The van der Waals surface area contributed by atoms with Crippen molar-refractivity contribution in [2.24, 2.45) is 11.3 Å². The van der Waals surface area contributed by atoms with E-state index < -0.39 is 17.9 Å². The van der Waals surface area contributed by atoms with Gasteiger partial charge in [-0.2, -0.15) is 0 Å². The number of hydrogen-bond acceptors (Lipinski definition) is 6. The monoisotopic (exact) mass is 406 g/mol. The number of rotatable bonds is 9. The Hall–Kier alpha value is -2.42. The maximum absolute atomic E-state index is 13.3. The van der Waals surface area contributed by atoms with Crippen LogP contribution in [0.1, 0.15) is 64.6 Å². The number of unbranched alkanes of at least 4 members (excludes halogenated alkanes) is 1. The molecule has 1 aromatic rings. The first-order valence-electron chi connectivity index (χ1n) is 10.4. The highest BCUT2D eigenvalue weighted by Gasteiger charge is 2.55. The highest BCUT2D eigenvalue weighted by molar-refractivity contribution is 5.98. The van der Waals surface area contributed by atoms with E-state index >= 15 is 0 Å². The fourth-order valence-electron chi connectivity index (χ4n) is 4.08. The van der Waals surface area contributed by atoms with Crippen molar-refractivity contribution in [2.75, 3.05) is 11.9 Å². The Morgan fingerprint density at radius 3 is 2.72 bits per heavy atom. The Morgan fingerprint density at radius 2 is 2.14 bits per heavy atom. The Bertz CT molecular complexity index is 758. The summed E-state index contributed by atoms with van der Waals surface area (Å²) >= 11 is 0. The van der Waals surface area contributed by atoms with Crippen LogP contribution in [0.25, 0.3) is 0 Å². The number of likely N-dealkylation sites (tertiary alicyclic amines) is 1. The van der Waals surface area contributed by atoms with E-state index in [1.807, 2.05) is 13.8 Å². The summed E-state index contributed by atoms with van der Waals surface area (Å²) in [7, 11) is 0. The van der Waals surface area contributed by atoms with Crippen molar-refractivity contribution in [1.29, 1.82) is 0 Å². The van der Waals surface area contributed by atoms with E-state index in [0.29, 0.717) is 37.4 Å². The maximum atomic E-state index is 13.3. The lowest BCUT2D eigenvalue weighted by Crippen LogP contribution is -2.46. The SMILES string of the molecule is CCCC[C@H](CC(=O)NO)C(=O)N1CC2(CC2)C[C@H]1C(=O)Nc1cc(CC)on1. The third-order valence-electron chi connectivity index (χ3n) is 6.02. The second kappa shape index (κ2) is 8.94. The normalized spacial score (nSPS) is 20.5. The number of anilines is 1. The third-order valence-corrected chi connectivity index (χ3v) is 6.02. The number of hydroxylamine groups is 1. The fraction of sp³-hybridized carbons (Fsp3) is 0.700. The largest absolute Gasteiger partial charge is 0.359 e. The van der Waals surface area contributed by atoms with Crippen LogP contribution in [0.3, 0.4) is 0 Å². The molecular weight excluding hydrogens is 376 g/mol. The molecule has 1 aliphatic heterocycles. The Morgan fingerprint density at radius 1 is 1.38 bits per heavy atom. The van der Waals surface area contributed by atoms with E-state index in [2.05, 4.69) is 10.5 Å². The summed E-state index contributed by atoms with van der Waals surface area (Å²) < 4.78 is 5.13. The van der Waals surface area contributed by atoms with E-state index in [1.165, 1.54) is 0 Å². The number of carbonyl (C=O) groups is 3. The van der Waals surface area contributed by atoms with Crippen LogP contribution >= 0.6 is 0 Å². The van der Waals surface area contributed by atoms with Gasteiger partial charge in [-0.25, -0.2) is 5.48 Å². The van der Waals surface area contributed by atoms with E-state index in [0.717, 1.165) is 25.7 Å². The van der Waals surface area contributed by atoms with Crippen LogP contribution in [0.5, 0.6) is 0 Å². The number of aryl methyl sites for hydroxylation is 1. The molecule has 1 saturated heterocycles. The highest BCUT2D eigenvalue weighted by atomic mass is 16.5. The smallest absolute Gasteiger partial charge is 0.248 e. The van der Waals surface area contributed by atoms with Gasteiger partial charge in [0.05, 0.1) is 0 Å². The standard InChI is InChI=1S/C20H30N4O5/c1-3-5-6-13(9-17(25)22-28)19(27)24-12-20(7-8-20)11-15(24)18(26)21-16-10-14(4-2)29-23-16/h10,13,15,28H,3-9,11-12H2,1-2H3,(H,22,25)(H,21,23,26)/t13-,15+/m1/s1. The minimum Gasteiger partial charge on any atom is -0.359 e. The second-order valence-electron chi connectivity index (χ2n) is 8.29. The van der Waals surface area contributed by atoms with Gasteiger partial charge >= 0.3 is 0 Å². The Balaban J connectivity index is 1.73. The van der Waals surface area contributed by atoms with Gasteiger partial charge in [0, 0.05) is 31.4 Å². The molecule has 1 aliphatic carbocycles.